The van der Waals surface area contributed by atoms with E-state index < -0.39 is 12.1 Å². The predicted molar refractivity (Wildman–Crippen MR) is 151 cm³/mol. The van der Waals surface area contributed by atoms with Crippen molar-refractivity contribution in [3.63, 3.8) is 0 Å². The molecule has 0 bridgehead atoms. The highest BCUT2D eigenvalue weighted by molar-refractivity contribution is 5.96. The Morgan fingerprint density at radius 3 is 2.13 bits per heavy atom. The van der Waals surface area contributed by atoms with Gasteiger partial charge in [-0.3, -0.25) is 19.3 Å². The second-order valence-corrected chi connectivity index (χ2v) is 12.4. The Balaban J connectivity index is 1.71. The lowest BCUT2D eigenvalue weighted by atomic mass is 9.95. The zero-order valence-electron chi connectivity index (χ0n) is 25.1. The summed E-state index contributed by atoms with van der Waals surface area (Å²) in [6.45, 7) is 11.0. The Kier molecular flexibility index (Phi) is 11.0. The molecule has 39 heavy (non-hydrogen) atoms. The van der Waals surface area contributed by atoms with Crippen molar-refractivity contribution in [2.75, 3.05) is 27.2 Å². The molecular weight excluding hydrogens is 496 g/mol. The van der Waals surface area contributed by atoms with Gasteiger partial charge in [0.25, 0.3) is 0 Å². The van der Waals surface area contributed by atoms with Crippen LogP contribution < -0.4 is 5.32 Å². The molecule has 1 aliphatic carbocycles. The summed E-state index contributed by atoms with van der Waals surface area (Å²) in [5.74, 6) is -0.824. The highest BCUT2D eigenvalue weighted by Crippen LogP contribution is 2.27. The van der Waals surface area contributed by atoms with E-state index in [1.54, 1.807) is 23.8 Å². The Morgan fingerprint density at radius 2 is 1.56 bits per heavy atom. The number of rotatable bonds is 10. The fourth-order valence-electron chi connectivity index (χ4n) is 5.83. The van der Waals surface area contributed by atoms with Crippen LogP contribution in [-0.2, 0) is 23.9 Å². The van der Waals surface area contributed by atoms with Gasteiger partial charge in [-0.25, -0.2) is 4.79 Å². The van der Waals surface area contributed by atoms with E-state index in [1.807, 2.05) is 40.8 Å². The molecule has 2 heterocycles. The molecule has 2 saturated heterocycles. The van der Waals surface area contributed by atoms with Gasteiger partial charge in [-0.05, 0) is 77.3 Å². The Hall–Kier alpha value is -2.42. The fraction of sp³-hybridized carbons (Fsp3) is 0.800. The third-order valence-electron chi connectivity index (χ3n) is 8.66. The molecule has 0 aromatic carbocycles. The third kappa shape index (κ3) is 7.62. The lowest BCUT2D eigenvalue weighted by molar-refractivity contribution is -0.160. The van der Waals surface area contributed by atoms with Gasteiger partial charge in [-0.2, -0.15) is 0 Å². The van der Waals surface area contributed by atoms with Crippen molar-refractivity contribution in [2.24, 2.45) is 11.8 Å². The number of ether oxygens (including phenoxy) is 1. The molecule has 0 aromatic rings. The summed E-state index contributed by atoms with van der Waals surface area (Å²) in [7, 11) is 3.70. The first-order valence-corrected chi connectivity index (χ1v) is 14.9. The van der Waals surface area contributed by atoms with E-state index in [0.29, 0.717) is 18.5 Å². The molecule has 3 amide bonds. The molecule has 3 fully saturated rings. The first kappa shape index (κ1) is 31.1. The number of piperidine rings is 1. The number of nitrogens with zero attached hydrogens (tertiary/aromatic N) is 3. The van der Waals surface area contributed by atoms with Crippen molar-refractivity contribution in [1.29, 1.82) is 0 Å². The smallest absolute Gasteiger partial charge is 0.329 e. The number of carbonyl (C=O) groups excluding carboxylic acids is 4. The van der Waals surface area contributed by atoms with Gasteiger partial charge in [0.05, 0.1) is 12.1 Å². The number of carbonyl (C=O) groups is 4. The van der Waals surface area contributed by atoms with E-state index in [-0.39, 0.29) is 53.7 Å². The molecule has 3 rings (SSSR count). The first-order valence-electron chi connectivity index (χ1n) is 14.9. The average molecular weight is 547 g/mol. The van der Waals surface area contributed by atoms with E-state index in [4.69, 9.17) is 4.74 Å². The van der Waals surface area contributed by atoms with Gasteiger partial charge in [-0.1, -0.05) is 40.2 Å². The quantitative estimate of drug-likeness (QED) is 0.334. The minimum atomic E-state index is -0.660. The van der Waals surface area contributed by atoms with Crippen LogP contribution in [0.2, 0.25) is 0 Å². The van der Waals surface area contributed by atoms with Gasteiger partial charge in [0.1, 0.15) is 18.2 Å². The Labute approximate surface area is 234 Å². The first-order chi connectivity index (χ1) is 18.4. The van der Waals surface area contributed by atoms with Crippen LogP contribution in [0.15, 0.2) is 11.6 Å². The monoisotopic (exact) mass is 546 g/mol. The van der Waals surface area contributed by atoms with Crippen LogP contribution >= 0.6 is 0 Å². The Morgan fingerprint density at radius 1 is 0.897 bits per heavy atom. The molecule has 3 aliphatic rings. The molecule has 1 N–H and O–H groups in total. The van der Waals surface area contributed by atoms with E-state index in [2.05, 4.69) is 10.2 Å². The molecule has 1 saturated carbocycles. The normalized spacial score (nSPS) is 24.3. The van der Waals surface area contributed by atoms with E-state index in [1.165, 1.54) is 0 Å². The highest BCUT2D eigenvalue weighted by Gasteiger charge is 2.38. The van der Waals surface area contributed by atoms with E-state index >= 15 is 0 Å². The number of amides is 3. The molecule has 9 nitrogen and oxygen atoms in total. The van der Waals surface area contributed by atoms with Crippen LogP contribution in [0, 0.1) is 11.8 Å². The van der Waals surface area contributed by atoms with Crippen LogP contribution in [0.1, 0.15) is 86.0 Å². The molecular formula is C30H50N4O5. The minimum absolute atomic E-state index is 0.00965. The molecule has 1 unspecified atom stereocenters. The maximum Gasteiger partial charge on any atom is 0.329 e. The number of likely N-dealkylation sites (N-methyl/N-ethyl adjacent to an activating group) is 2. The summed E-state index contributed by atoms with van der Waals surface area (Å²) < 4.78 is 5.61. The molecule has 9 heteroatoms. The van der Waals surface area contributed by atoms with Crippen molar-refractivity contribution in [3.8, 4) is 0 Å². The standard InChI is InChI=1S/C30H50N4O5/c1-19(2)25(18-21(5)28(36)34-17-11-15-24(34)30(38)39-22-12-10-13-22)33(7)29(37)26(20(3)4)31-27(35)23-14-8-9-16-32(23)6/h18-20,22-26H,8-17H2,1-7H3,(H,31,35)/t23?,24-,25+,26-/m0/s1. The zero-order chi connectivity index (χ0) is 28.9. The van der Waals surface area contributed by atoms with Gasteiger partial charge in [-0.15, -0.1) is 0 Å². The summed E-state index contributed by atoms with van der Waals surface area (Å²) in [6, 6.07) is -1.77. The van der Waals surface area contributed by atoms with Crippen LogP contribution in [0.4, 0.5) is 0 Å². The van der Waals surface area contributed by atoms with Crippen molar-refractivity contribution >= 4 is 23.7 Å². The van der Waals surface area contributed by atoms with Gasteiger partial charge in [0.15, 0.2) is 0 Å². The van der Waals surface area contributed by atoms with Crippen LogP contribution in [0.5, 0.6) is 0 Å². The third-order valence-corrected chi connectivity index (χ3v) is 8.66. The molecule has 220 valence electrons. The summed E-state index contributed by atoms with van der Waals surface area (Å²) in [6.07, 6.45) is 8.96. The maximum atomic E-state index is 13.7. The largest absolute Gasteiger partial charge is 0.461 e. The minimum Gasteiger partial charge on any atom is -0.461 e. The van der Waals surface area contributed by atoms with Gasteiger partial charge in [0, 0.05) is 19.2 Å². The van der Waals surface area contributed by atoms with E-state index in [0.717, 1.165) is 51.5 Å². The van der Waals surface area contributed by atoms with Crippen molar-refractivity contribution < 1.29 is 23.9 Å². The Bertz CT molecular complexity index is 928. The van der Waals surface area contributed by atoms with Crippen molar-refractivity contribution in [2.45, 2.75) is 116 Å². The molecule has 0 spiro atoms. The summed E-state index contributed by atoms with van der Waals surface area (Å²) in [4.78, 5) is 58.4. The van der Waals surface area contributed by atoms with Crippen molar-refractivity contribution in [3.05, 3.63) is 11.6 Å². The SMILES string of the molecule is CC(=C[C@H](C(C)C)N(C)C(=O)[C@@H](NC(=O)C1CCCCN1C)C(C)C)C(=O)N1CCC[C@H]1C(=O)OC1CCC1. The number of hydrogen-bond acceptors (Lipinski definition) is 6. The van der Waals surface area contributed by atoms with Gasteiger partial charge < -0.3 is 19.9 Å². The lowest BCUT2D eigenvalue weighted by Gasteiger charge is -2.36. The predicted octanol–water partition coefficient (Wildman–Crippen LogP) is 3.13. The average Bonchev–Trinajstić information content (AvgIpc) is 3.36. The van der Waals surface area contributed by atoms with Crippen LogP contribution in [0.3, 0.4) is 0 Å². The van der Waals surface area contributed by atoms with Crippen LogP contribution in [-0.4, -0.2) is 95.8 Å². The van der Waals surface area contributed by atoms with E-state index in [9.17, 15) is 19.2 Å². The van der Waals surface area contributed by atoms with Crippen molar-refractivity contribution in [1.82, 2.24) is 20.0 Å². The molecule has 0 radical (unpaired) electrons. The number of likely N-dealkylation sites (tertiary alicyclic amines) is 2. The molecule has 2 aliphatic heterocycles. The number of esters is 1. The highest BCUT2D eigenvalue weighted by atomic mass is 16.5. The second-order valence-electron chi connectivity index (χ2n) is 12.4. The fourth-order valence-corrected chi connectivity index (χ4v) is 5.83. The summed E-state index contributed by atoms with van der Waals surface area (Å²) in [5, 5.41) is 3.04. The van der Waals surface area contributed by atoms with Gasteiger partial charge in [0.2, 0.25) is 17.7 Å². The number of hydrogen-bond donors (Lipinski definition) is 1. The molecule has 0 aromatic heterocycles. The second kappa shape index (κ2) is 13.8. The zero-order valence-corrected chi connectivity index (χ0v) is 25.1. The maximum absolute atomic E-state index is 13.7. The van der Waals surface area contributed by atoms with Gasteiger partial charge >= 0.3 is 5.97 Å². The molecule has 4 atom stereocenters. The van der Waals surface area contributed by atoms with Crippen LogP contribution in [0.25, 0.3) is 0 Å². The lowest BCUT2D eigenvalue weighted by Crippen LogP contribution is -2.57. The summed E-state index contributed by atoms with van der Waals surface area (Å²) >= 11 is 0. The summed E-state index contributed by atoms with van der Waals surface area (Å²) in [5.41, 5.74) is 0.505. The topological polar surface area (TPSA) is 99.3 Å². The number of nitrogens with one attached hydrogen (secondary N) is 1.